The van der Waals surface area contributed by atoms with Crippen LogP contribution in [0.15, 0.2) is 76.7 Å². The molecular weight excluding hydrogens is 423 g/mol. The van der Waals surface area contributed by atoms with Crippen molar-refractivity contribution >= 4 is 24.3 Å². The van der Waals surface area contributed by atoms with Gasteiger partial charge in [0.2, 0.25) is 5.97 Å². The molecule has 3 aromatic carbocycles. The Balaban J connectivity index is 0.00000408. The molecule has 1 N–H and O–H groups in total. The Morgan fingerprint density at radius 1 is 1.03 bits per heavy atom. The largest absolute Gasteiger partial charge is 1.00 e. The Morgan fingerprint density at radius 3 is 2.35 bits per heavy atom. The summed E-state index contributed by atoms with van der Waals surface area (Å²) < 4.78 is 12.1. The zero-order chi connectivity index (χ0) is 23.6. The number of aliphatic carboxylic acids is 1. The minimum Gasteiger partial charge on any atom is -0.526 e. The van der Waals surface area contributed by atoms with E-state index in [4.69, 9.17) is 9.47 Å². The van der Waals surface area contributed by atoms with E-state index in [0.29, 0.717) is 22.6 Å². The van der Waals surface area contributed by atoms with Gasteiger partial charge in [-0.05, 0) is 42.5 Å². The molecule has 0 saturated carbocycles. The van der Waals surface area contributed by atoms with Crippen molar-refractivity contribution < 1.29 is 38.2 Å². The molecule has 7 heteroatoms. The number of hydrogen-bond donors (Lipinski definition) is 1. The van der Waals surface area contributed by atoms with Crippen LogP contribution in [0.3, 0.4) is 0 Å². The van der Waals surface area contributed by atoms with E-state index >= 15 is 0 Å². The number of para-hydroxylation sites is 1. The zero-order valence-corrected chi connectivity index (χ0v) is 19.4. The fraction of sp³-hybridized carbons (Fsp3) is 0.111. The quantitative estimate of drug-likeness (QED) is 0.137. The van der Waals surface area contributed by atoms with Crippen molar-refractivity contribution in [1.82, 2.24) is 0 Å². The molecule has 0 heterocycles. The molecule has 0 aliphatic carbocycles. The third kappa shape index (κ3) is 7.14. The van der Waals surface area contributed by atoms with Gasteiger partial charge < -0.3 is 24.6 Å². The molecule has 0 bridgehead atoms. The molecule has 0 aliphatic rings. The van der Waals surface area contributed by atoms with E-state index in [1.807, 2.05) is 62.4 Å². The van der Waals surface area contributed by atoms with E-state index in [0.717, 1.165) is 16.7 Å². The molecule has 0 aliphatic heterocycles. The van der Waals surface area contributed by atoms with Crippen LogP contribution in [0.1, 0.15) is 27.8 Å². The van der Waals surface area contributed by atoms with Crippen LogP contribution < -0.4 is 23.6 Å². The first-order valence-corrected chi connectivity index (χ1v) is 10.1. The summed E-state index contributed by atoms with van der Waals surface area (Å²) in [5.41, 5.74) is 3.61. The molecule has 168 valence electrons. The van der Waals surface area contributed by atoms with Gasteiger partial charge in [0.15, 0.2) is 0 Å². The Bertz CT molecular complexity index is 1180. The maximum Gasteiger partial charge on any atom is 1.00 e. The molecule has 0 amide bonds. The number of carboxylic acid groups (broad SMARTS) is 1. The fourth-order valence-corrected chi connectivity index (χ4v) is 3.13. The van der Waals surface area contributed by atoms with Gasteiger partial charge in [-0.15, -0.1) is 30.3 Å². The number of ether oxygens (including phenoxy) is 2. The van der Waals surface area contributed by atoms with Crippen molar-refractivity contribution in [2.24, 2.45) is 9.98 Å². The van der Waals surface area contributed by atoms with Gasteiger partial charge in [-0.25, -0.2) is 0 Å². The molecule has 0 atom stereocenters. The predicted molar refractivity (Wildman–Crippen MR) is 128 cm³/mol. The Morgan fingerprint density at radius 2 is 1.71 bits per heavy atom. The molecule has 0 fully saturated rings. The Kier molecular flexibility index (Phi) is 10.2. The normalized spacial score (nSPS) is 11.4. The number of aryl methyl sites for hydroxylation is 2. The first-order chi connectivity index (χ1) is 16.0. The summed E-state index contributed by atoms with van der Waals surface area (Å²) in [6.07, 6.45) is 6.44. The van der Waals surface area contributed by atoms with Gasteiger partial charge in [0.25, 0.3) is 0 Å². The van der Waals surface area contributed by atoms with Crippen molar-refractivity contribution in [2.45, 2.75) is 20.5 Å². The zero-order valence-electron chi connectivity index (χ0n) is 19.4. The number of hydrogen-bond acceptors (Lipinski definition) is 4. The van der Waals surface area contributed by atoms with Crippen LogP contribution >= 0.6 is 0 Å². The van der Waals surface area contributed by atoms with Gasteiger partial charge in [-0.1, -0.05) is 60.7 Å². The number of carbonyl (C=O) groups is 1. The van der Waals surface area contributed by atoms with Crippen molar-refractivity contribution in [2.75, 3.05) is 0 Å². The first-order valence-electron chi connectivity index (χ1n) is 10.1. The van der Waals surface area contributed by atoms with E-state index in [1.165, 1.54) is 6.34 Å². The molecule has 0 unspecified atom stereocenters. The van der Waals surface area contributed by atoms with Gasteiger partial charge in [0.05, 0.1) is 0 Å². The summed E-state index contributed by atoms with van der Waals surface area (Å²) in [4.78, 5) is 19.1. The SMILES string of the molecule is [CH2-]N=CN=[C-]c1c(Oc2c(C)cccc2C)cccc1C(=[C-]C(=O)O)OCc1ccccc1.[Li+]. The minimum absolute atomic E-state index is 0. The van der Waals surface area contributed by atoms with Crippen LogP contribution in [0.5, 0.6) is 11.5 Å². The van der Waals surface area contributed by atoms with Crippen molar-refractivity contribution in [3.8, 4) is 11.5 Å². The molecule has 6 nitrogen and oxygen atoms in total. The van der Waals surface area contributed by atoms with Crippen LogP contribution in [0, 0.1) is 27.0 Å². The maximum absolute atomic E-state index is 11.5. The minimum atomic E-state index is -1.26. The number of carboxylic acids is 1. The van der Waals surface area contributed by atoms with Crippen LogP contribution in [0.2, 0.25) is 0 Å². The predicted octanol–water partition coefficient (Wildman–Crippen LogP) is 2.66. The third-order valence-electron chi connectivity index (χ3n) is 4.65. The third-order valence-corrected chi connectivity index (χ3v) is 4.65. The smallest absolute Gasteiger partial charge is 0.526 e. The second kappa shape index (κ2) is 13.1. The number of rotatable bonds is 9. The van der Waals surface area contributed by atoms with Crippen molar-refractivity contribution in [3.05, 3.63) is 108 Å². The van der Waals surface area contributed by atoms with Crippen LogP contribution in [0.25, 0.3) is 5.76 Å². The number of nitrogens with zero attached hydrogens (tertiary/aromatic N) is 2. The number of aliphatic imine (C=N–C) groups is 2. The van der Waals surface area contributed by atoms with Crippen LogP contribution in [-0.2, 0) is 16.1 Å². The summed E-state index contributed by atoms with van der Waals surface area (Å²) in [5, 5.41) is 9.41. The monoisotopic (exact) mass is 446 g/mol. The standard InChI is InChI=1S/C27H23N2O4.Li/c1-19-9-7-10-20(2)27(19)33-24-14-8-13-22(23(24)16-29-18-28-3)25(15-26(30)31)32-17-21-11-5-4-6-12-21;/h4-14,18H,3,17H2,1-2H3,(H,30,31);/q-3;+1. The van der Waals surface area contributed by atoms with Gasteiger partial charge in [0, 0.05) is 12.1 Å². The second-order valence-electron chi connectivity index (χ2n) is 7.07. The van der Waals surface area contributed by atoms with Gasteiger partial charge >= 0.3 is 18.9 Å². The Hall–Kier alpha value is -3.72. The molecule has 3 aromatic rings. The molecule has 3 rings (SSSR count). The average Bonchev–Trinajstić information content (AvgIpc) is 2.80. The molecule has 0 spiro atoms. The summed E-state index contributed by atoms with van der Waals surface area (Å²) in [7, 11) is 3.37. The van der Waals surface area contributed by atoms with E-state index in [2.05, 4.69) is 29.3 Å². The number of benzene rings is 3. The summed E-state index contributed by atoms with van der Waals surface area (Å²) in [6.45, 7) is 4.06. The molecule has 34 heavy (non-hydrogen) atoms. The molecular formula is C27H23LiN2O4-2. The average molecular weight is 446 g/mol. The fourth-order valence-electron chi connectivity index (χ4n) is 3.13. The van der Waals surface area contributed by atoms with Gasteiger partial charge in [-0.2, -0.15) is 0 Å². The first kappa shape index (κ1) is 26.5. The topological polar surface area (TPSA) is 80.5 Å². The van der Waals surface area contributed by atoms with Crippen molar-refractivity contribution in [3.63, 3.8) is 0 Å². The summed E-state index contributed by atoms with van der Waals surface area (Å²) in [5.74, 6) is -0.107. The molecule has 0 saturated heterocycles. The summed E-state index contributed by atoms with van der Waals surface area (Å²) >= 11 is 0. The molecule has 0 aromatic heterocycles. The van der Waals surface area contributed by atoms with Gasteiger partial charge in [-0.3, -0.25) is 4.79 Å². The van der Waals surface area contributed by atoms with Crippen LogP contribution in [-0.4, -0.2) is 23.6 Å². The van der Waals surface area contributed by atoms with Crippen molar-refractivity contribution in [1.29, 1.82) is 0 Å². The van der Waals surface area contributed by atoms with Gasteiger partial charge in [0.1, 0.15) is 12.4 Å². The van der Waals surface area contributed by atoms with E-state index in [1.54, 1.807) is 18.2 Å². The Labute approximate surface area is 211 Å². The van der Waals surface area contributed by atoms with Crippen LogP contribution in [0.4, 0.5) is 0 Å². The van der Waals surface area contributed by atoms with E-state index < -0.39 is 5.97 Å². The van der Waals surface area contributed by atoms with E-state index in [-0.39, 0.29) is 31.2 Å². The second-order valence-corrected chi connectivity index (χ2v) is 7.07. The molecule has 0 radical (unpaired) electrons. The maximum atomic E-state index is 11.5. The summed E-state index contributed by atoms with van der Waals surface area (Å²) in [6, 6.07) is 20.5. The van der Waals surface area contributed by atoms with E-state index in [9.17, 15) is 9.90 Å².